The molecule has 4 nitrogen and oxygen atoms in total. The molecule has 0 saturated carbocycles. The van der Waals surface area contributed by atoms with Crippen LogP contribution in [0.1, 0.15) is 48.0 Å². The molecule has 0 bridgehead atoms. The van der Waals surface area contributed by atoms with Gasteiger partial charge in [-0.3, -0.25) is 0 Å². The Hall–Kier alpha value is 0.339. The Morgan fingerprint density at radius 2 is 1.58 bits per heavy atom. The summed E-state index contributed by atoms with van der Waals surface area (Å²) in [6, 6.07) is 0. The van der Waals surface area contributed by atoms with Gasteiger partial charge in [-0.2, -0.15) is 0 Å². The molecule has 0 aliphatic carbocycles. The first-order chi connectivity index (χ1) is 8.75. The van der Waals surface area contributed by atoms with Crippen LogP contribution in [-0.4, -0.2) is 33.5 Å². The summed E-state index contributed by atoms with van der Waals surface area (Å²) in [6.07, 6.45) is -2.55. The first-order valence-electron chi connectivity index (χ1n) is 6.85. The van der Waals surface area contributed by atoms with Crippen molar-refractivity contribution in [1.29, 1.82) is 0 Å². The minimum atomic E-state index is -3.08. The molecular formula is C13H27O4PSe. The molecule has 0 aliphatic rings. The van der Waals surface area contributed by atoms with Crippen molar-refractivity contribution in [3.05, 3.63) is 0 Å². The maximum absolute atomic E-state index is 12.5. The molecule has 0 rings (SSSR count). The molecule has 19 heavy (non-hydrogen) atoms. The van der Waals surface area contributed by atoms with E-state index in [1.807, 2.05) is 27.7 Å². The van der Waals surface area contributed by atoms with Crippen LogP contribution in [0, 0.1) is 11.8 Å². The molecule has 0 saturated heterocycles. The molecule has 0 aliphatic heterocycles. The van der Waals surface area contributed by atoms with Gasteiger partial charge in [0.25, 0.3) is 0 Å². The zero-order valence-corrected chi connectivity index (χ0v) is 15.4. The van der Waals surface area contributed by atoms with Crippen molar-refractivity contribution in [3.63, 3.8) is 0 Å². The Morgan fingerprint density at radius 1 is 1.11 bits per heavy atom. The van der Waals surface area contributed by atoms with Crippen LogP contribution in [0.25, 0.3) is 0 Å². The summed E-state index contributed by atoms with van der Waals surface area (Å²) in [6.45, 7) is 12.3. The summed E-state index contributed by atoms with van der Waals surface area (Å²) in [4.78, 5) is 12.1. The standard InChI is InChI=1S/C13H27O4PSe/c1-7-16-18(15,17-8-2)19-13(11(5)6)12(14)9-10(3)4/h10-11,13H,7-9H2,1-6H3. The van der Waals surface area contributed by atoms with E-state index in [1.54, 1.807) is 13.8 Å². The van der Waals surface area contributed by atoms with E-state index in [1.165, 1.54) is 0 Å². The molecule has 0 aromatic heterocycles. The van der Waals surface area contributed by atoms with E-state index in [4.69, 9.17) is 9.05 Å². The molecule has 0 N–H and O–H groups in total. The van der Waals surface area contributed by atoms with Crippen molar-refractivity contribution in [2.75, 3.05) is 13.2 Å². The van der Waals surface area contributed by atoms with Crippen LogP contribution in [0.5, 0.6) is 0 Å². The van der Waals surface area contributed by atoms with E-state index >= 15 is 0 Å². The summed E-state index contributed by atoms with van der Waals surface area (Å²) in [5.74, 6) is 0.674. The van der Waals surface area contributed by atoms with Crippen LogP contribution in [0.3, 0.4) is 0 Å². The number of hydrogen-bond acceptors (Lipinski definition) is 4. The fourth-order valence-electron chi connectivity index (χ4n) is 1.62. The average molecular weight is 357 g/mol. The van der Waals surface area contributed by atoms with Gasteiger partial charge >= 0.3 is 123 Å². The van der Waals surface area contributed by atoms with E-state index < -0.39 is 20.8 Å². The van der Waals surface area contributed by atoms with Gasteiger partial charge in [-0.05, 0) is 0 Å². The van der Waals surface area contributed by atoms with Crippen LogP contribution < -0.4 is 0 Å². The molecule has 0 aromatic rings. The van der Waals surface area contributed by atoms with Crippen molar-refractivity contribution in [2.24, 2.45) is 11.8 Å². The Balaban J connectivity index is 4.89. The maximum atomic E-state index is 12.5. The predicted molar refractivity (Wildman–Crippen MR) is 79.7 cm³/mol. The molecule has 0 spiro atoms. The van der Waals surface area contributed by atoms with Gasteiger partial charge < -0.3 is 0 Å². The SMILES string of the molecule is CCOP(=O)(OCC)[Se]C(C(=O)CC(C)C)C(C)C. The normalized spacial score (nSPS) is 14.1. The van der Waals surface area contributed by atoms with Crippen LogP contribution >= 0.6 is 6.29 Å². The third-order valence-electron chi connectivity index (χ3n) is 2.35. The molecule has 1 unspecified atom stereocenters. The average Bonchev–Trinajstić information content (AvgIpc) is 2.25. The zero-order chi connectivity index (χ0) is 15.1. The Morgan fingerprint density at radius 3 is 1.89 bits per heavy atom. The fraction of sp³-hybridized carbons (Fsp3) is 0.923. The fourth-order valence-corrected chi connectivity index (χ4v) is 9.41. The van der Waals surface area contributed by atoms with E-state index in [0.29, 0.717) is 25.6 Å². The first kappa shape index (κ1) is 19.3. The second-order valence-corrected chi connectivity index (χ2v) is 11.9. The molecule has 0 radical (unpaired) electrons. The topological polar surface area (TPSA) is 52.6 Å². The molecule has 1 atom stereocenters. The zero-order valence-electron chi connectivity index (χ0n) is 12.8. The van der Waals surface area contributed by atoms with Gasteiger partial charge in [-0.15, -0.1) is 0 Å². The number of hydrogen-bond donors (Lipinski definition) is 0. The van der Waals surface area contributed by atoms with Crippen LogP contribution in [-0.2, 0) is 18.4 Å². The molecule has 6 heteroatoms. The molecule has 114 valence electrons. The van der Waals surface area contributed by atoms with Gasteiger partial charge in [0, 0.05) is 0 Å². The van der Waals surface area contributed by atoms with Crippen LogP contribution in [0.4, 0.5) is 0 Å². The molecular weight excluding hydrogens is 330 g/mol. The van der Waals surface area contributed by atoms with E-state index in [-0.39, 0.29) is 16.5 Å². The molecule has 0 amide bonds. The second-order valence-electron chi connectivity index (χ2n) is 5.12. The van der Waals surface area contributed by atoms with Gasteiger partial charge in [0.05, 0.1) is 0 Å². The summed E-state index contributed by atoms with van der Waals surface area (Å²) >= 11 is -0.459. The predicted octanol–water partition coefficient (Wildman–Crippen LogP) is 3.93. The van der Waals surface area contributed by atoms with Crippen molar-refractivity contribution < 1.29 is 18.4 Å². The van der Waals surface area contributed by atoms with Crippen molar-refractivity contribution in [2.45, 2.75) is 52.8 Å². The van der Waals surface area contributed by atoms with Crippen molar-refractivity contribution in [1.82, 2.24) is 0 Å². The van der Waals surface area contributed by atoms with E-state index in [0.717, 1.165) is 0 Å². The minimum absolute atomic E-state index is 0.167. The summed E-state index contributed by atoms with van der Waals surface area (Å²) in [7, 11) is 0. The number of Topliss-reactive ketones (excluding diaryl/α,β-unsaturated/α-hetero) is 1. The monoisotopic (exact) mass is 358 g/mol. The van der Waals surface area contributed by atoms with Crippen molar-refractivity contribution >= 4 is 26.6 Å². The van der Waals surface area contributed by atoms with E-state index in [9.17, 15) is 9.36 Å². The number of carbonyl (C=O) groups is 1. The first-order valence-corrected chi connectivity index (χ1v) is 11.6. The number of carbonyl (C=O) groups excluding carboxylic acids is 1. The van der Waals surface area contributed by atoms with Gasteiger partial charge in [0.1, 0.15) is 0 Å². The Bertz CT molecular complexity index is 308. The third-order valence-corrected chi connectivity index (χ3v) is 10.1. The Labute approximate surface area is 123 Å². The molecule has 0 fully saturated rings. The number of ketones is 1. The van der Waals surface area contributed by atoms with E-state index in [2.05, 4.69) is 0 Å². The quantitative estimate of drug-likeness (QED) is 0.439. The van der Waals surface area contributed by atoms with Gasteiger partial charge in [-0.25, -0.2) is 0 Å². The summed E-state index contributed by atoms with van der Waals surface area (Å²) in [5, 5.41) is 0. The molecule has 0 heterocycles. The third kappa shape index (κ3) is 7.63. The van der Waals surface area contributed by atoms with Crippen LogP contribution in [0.15, 0.2) is 0 Å². The Kier molecular flexibility index (Phi) is 9.47. The van der Waals surface area contributed by atoms with Crippen molar-refractivity contribution in [3.8, 4) is 0 Å². The molecule has 0 aromatic carbocycles. The second kappa shape index (κ2) is 9.31. The summed E-state index contributed by atoms with van der Waals surface area (Å²) in [5.41, 5.74) is 0. The van der Waals surface area contributed by atoms with Gasteiger partial charge in [-0.1, -0.05) is 0 Å². The summed E-state index contributed by atoms with van der Waals surface area (Å²) < 4.78 is 23.2. The van der Waals surface area contributed by atoms with Gasteiger partial charge in [0.15, 0.2) is 0 Å². The number of rotatable bonds is 10. The van der Waals surface area contributed by atoms with Crippen LogP contribution in [0.2, 0.25) is 4.82 Å². The van der Waals surface area contributed by atoms with Gasteiger partial charge in [0.2, 0.25) is 0 Å².